The van der Waals surface area contributed by atoms with E-state index >= 15 is 0 Å². The number of benzene rings is 2. The summed E-state index contributed by atoms with van der Waals surface area (Å²) >= 11 is 0. The Hall–Kier alpha value is -1.84. The van der Waals surface area contributed by atoms with Gasteiger partial charge in [-0.05, 0) is 134 Å². The van der Waals surface area contributed by atoms with Gasteiger partial charge in [0, 0.05) is 0 Å². The zero-order chi connectivity index (χ0) is 34.0. The van der Waals surface area contributed by atoms with Crippen LogP contribution in [0.25, 0.3) is 0 Å². The summed E-state index contributed by atoms with van der Waals surface area (Å²) in [6.45, 7) is 6.92. The van der Waals surface area contributed by atoms with E-state index in [1.54, 1.807) is 24.3 Å². The molecule has 4 atom stereocenters. The third-order valence-corrected chi connectivity index (χ3v) is 13.3. The summed E-state index contributed by atoms with van der Waals surface area (Å²) in [7, 11) is 0. The topological polar surface area (TPSA) is 0 Å². The summed E-state index contributed by atoms with van der Waals surface area (Å²) in [4.78, 5) is 0. The Balaban J connectivity index is 0.000000188. The van der Waals surface area contributed by atoms with E-state index in [1.807, 2.05) is 0 Å². The van der Waals surface area contributed by atoms with E-state index in [0.29, 0.717) is 17.0 Å². The number of unbranched alkanes of at least 4 members (excludes halogenated alkanes) is 1. The fraction of sp³-hybridized carbons (Fsp3) is 0.727. The highest BCUT2D eigenvalue weighted by Crippen LogP contribution is 2.54. The van der Waals surface area contributed by atoms with E-state index < -0.39 is 23.3 Å². The summed E-state index contributed by atoms with van der Waals surface area (Å²) < 4.78 is 54.9. The first-order valence-electron chi connectivity index (χ1n) is 20.2. The van der Waals surface area contributed by atoms with Gasteiger partial charge in [-0.15, -0.1) is 0 Å². The molecule has 0 spiro atoms. The van der Waals surface area contributed by atoms with Gasteiger partial charge in [0.15, 0.2) is 23.3 Å². The third-order valence-electron chi connectivity index (χ3n) is 13.3. The van der Waals surface area contributed by atoms with Crippen LogP contribution in [0.2, 0.25) is 0 Å². The van der Waals surface area contributed by atoms with Gasteiger partial charge in [-0.25, -0.2) is 17.6 Å². The van der Waals surface area contributed by atoms with Crippen LogP contribution < -0.4 is 0 Å². The molecule has 0 radical (unpaired) electrons. The lowest BCUT2D eigenvalue weighted by atomic mass is 9.70. The van der Waals surface area contributed by atoms with E-state index in [1.165, 1.54) is 121 Å². The van der Waals surface area contributed by atoms with E-state index in [9.17, 15) is 17.6 Å². The predicted octanol–water partition coefficient (Wildman–Crippen LogP) is 14.3. The molecule has 2 aromatic carbocycles. The van der Waals surface area contributed by atoms with Gasteiger partial charge < -0.3 is 0 Å². The Morgan fingerprint density at radius 1 is 0.688 bits per heavy atom. The molecule has 4 aliphatic carbocycles. The first-order chi connectivity index (χ1) is 23.3. The first-order valence-corrected chi connectivity index (χ1v) is 20.2. The second kappa shape index (κ2) is 18.4. The molecule has 2 aromatic rings. The molecule has 4 saturated carbocycles. The lowest BCUT2D eigenvalue weighted by molar-refractivity contribution is 0.161. The van der Waals surface area contributed by atoms with Gasteiger partial charge in [-0.3, -0.25) is 0 Å². The second-order valence-corrected chi connectivity index (χ2v) is 16.6. The van der Waals surface area contributed by atoms with E-state index in [4.69, 9.17) is 0 Å². The fourth-order valence-corrected chi connectivity index (χ4v) is 10.1. The lowest BCUT2D eigenvalue weighted by Gasteiger charge is -2.36. The van der Waals surface area contributed by atoms with Crippen LogP contribution >= 0.6 is 0 Å². The highest BCUT2D eigenvalue weighted by molar-refractivity contribution is 5.28. The fourth-order valence-electron chi connectivity index (χ4n) is 10.1. The van der Waals surface area contributed by atoms with Gasteiger partial charge in [0.05, 0.1) is 0 Å². The van der Waals surface area contributed by atoms with Crippen LogP contribution in [-0.4, -0.2) is 0 Å². The Labute approximate surface area is 290 Å². The van der Waals surface area contributed by atoms with Gasteiger partial charge in [0.1, 0.15) is 0 Å². The van der Waals surface area contributed by atoms with Crippen molar-refractivity contribution in [2.75, 3.05) is 0 Å². The minimum absolute atomic E-state index is 0.201. The summed E-state index contributed by atoms with van der Waals surface area (Å²) in [5.41, 5.74) is 1.22. The van der Waals surface area contributed by atoms with Crippen LogP contribution in [0.5, 0.6) is 0 Å². The molecule has 0 aliphatic heterocycles. The van der Waals surface area contributed by atoms with Crippen molar-refractivity contribution in [1.82, 2.24) is 0 Å². The predicted molar refractivity (Wildman–Crippen MR) is 192 cm³/mol. The zero-order valence-electron chi connectivity index (χ0n) is 30.3. The third kappa shape index (κ3) is 10.1. The standard InChI is InChI=1S/C22H30F2.C22H34F2/c23-21-8-4-7-19(22(21)24)20-14-18(20)13-15-9-11-17(12-10-15)16-5-2-1-3-6-16;1-4-6-8-19(15-16(3)5-2)17-11-13-18(14-12-17)20-9-7-10-21(23)22(20)24/h4,7-8,15-18,20H,1-3,5-6,9-14H2;7,9-10,16-19H,4-6,8,11-15H2,1-3H3. The van der Waals surface area contributed by atoms with Crippen LogP contribution in [-0.2, 0) is 0 Å². The van der Waals surface area contributed by atoms with Crippen LogP contribution in [0.1, 0.15) is 172 Å². The van der Waals surface area contributed by atoms with Crippen molar-refractivity contribution in [3.63, 3.8) is 0 Å². The Morgan fingerprint density at radius 2 is 1.29 bits per heavy atom. The Morgan fingerprint density at radius 3 is 1.92 bits per heavy atom. The maximum atomic E-state index is 14.1. The van der Waals surface area contributed by atoms with E-state index in [0.717, 1.165) is 54.8 Å². The Bertz CT molecular complexity index is 1230. The van der Waals surface area contributed by atoms with Crippen molar-refractivity contribution >= 4 is 0 Å². The average molecular weight is 669 g/mol. The molecule has 0 N–H and O–H groups in total. The maximum Gasteiger partial charge on any atom is 0.162 e. The van der Waals surface area contributed by atoms with Crippen molar-refractivity contribution in [1.29, 1.82) is 0 Å². The Kier molecular flexibility index (Phi) is 14.4. The lowest BCUT2D eigenvalue weighted by Crippen LogP contribution is -2.23. The molecule has 0 amide bonds. The van der Waals surface area contributed by atoms with Gasteiger partial charge in [0.2, 0.25) is 0 Å². The van der Waals surface area contributed by atoms with Crippen molar-refractivity contribution in [3.05, 3.63) is 70.8 Å². The van der Waals surface area contributed by atoms with Crippen molar-refractivity contribution in [2.45, 2.75) is 161 Å². The van der Waals surface area contributed by atoms with Crippen LogP contribution in [0.3, 0.4) is 0 Å². The van der Waals surface area contributed by atoms with Crippen molar-refractivity contribution in [3.8, 4) is 0 Å². The molecule has 4 aliphatic rings. The molecule has 0 saturated heterocycles. The summed E-state index contributed by atoms with van der Waals surface area (Å²) in [6, 6.07) is 9.30. The molecular formula is C44H64F4. The maximum absolute atomic E-state index is 14.1. The van der Waals surface area contributed by atoms with Crippen LogP contribution in [0.15, 0.2) is 36.4 Å². The molecule has 48 heavy (non-hydrogen) atoms. The quantitative estimate of drug-likeness (QED) is 0.198. The van der Waals surface area contributed by atoms with E-state index in [-0.39, 0.29) is 11.8 Å². The minimum Gasteiger partial charge on any atom is -0.204 e. The van der Waals surface area contributed by atoms with Crippen LogP contribution in [0, 0.1) is 64.7 Å². The molecule has 0 aromatic heterocycles. The number of hydrogen-bond donors (Lipinski definition) is 0. The minimum atomic E-state index is -0.702. The van der Waals surface area contributed by atoms with Gasteiger partial charge in [-0.2, -0.15) is 0 Å². The summed E-state index contributed by atoms with van der Waals surface area (Å²) in [6.07, 6.45) is 26.0. The zero-order valence-corrected chi connectivity index (χ0v) is 30.3. The SMILES string of the molecule is CCCCC(CC(C)CC)C1CCC(c2cccc(F)c2F)CC1.Fc1cccc(C2CC2CC2CCC(C3CCCCC3)CC2)c1F. The first kappa shape index (κ1) is 37.4. The highest BCUT2D eigenvalue weighted by atomic mass is 19.2. The normalized spacial score (nSPS) is 29.1. The van der Waals surface area contributed by atoms with Crippen molar-refractivity contribution < 1.29 is 17.6 Å². The molecule has 0 bridgehead atoms. The molecule has 4 fully saturated rings. The van der Waals surface area contributed by atoms with Gasteiger partial charge >= 0.3 is 0 Å². The monoisotopic (exact) mass is 668 g/mol. The number of halogens is 4. The molecule has 4 unspecified atom stereocenters. The summed E-state index contributed by atoms with van der Waals surface area (Å²) in [5.74, 6) is 3.67. The van der Waals surface area contributed by atoms with Crippen molar-refractivity contribution in [2.24, 2.45) is 41.4 Å². The molecule has 268 valence electrons. The summed E-state index contributed by atoms with van der Waals surface area (Å²) in [5, 5.41) is 0. The largest absolute Gasteiger partial charge is 0.204 e. The number of rotatable bonds is 12. The molecule has 0 heterocycles. The van der Waals surface area contributed by atoms with Gasteiger partial charge in [0.25, 0.3) is 0 Å². The second-order valence-electron chi connectivity index (χ2n) is 16.6. The number of hydrogen-bond acceptors (Lipinski definition) is 0. The van der Waals surface area contributed by atoms with Crippen LogP contribution in [0.4, 0.5) is 17.6 Å². The molecule has 6 rings (SSSR count). The van der Waals surface area contributed by atoms with E-state index in [2.05, 4.69) is 20.8 Å². The molecule has 0 nitrogen and oxygen atoms in total. The smallest absolute Gasteiger partial charge is 0.162 e. The molecule has 4 heteroatoms. The molecular weight excluding hydrogens is 604 g/mol. The average Bonchev–Trinajstić information content (AvgIpc) is 3.88. The van der Waals surface area contributed by atoms with Gasteiger partial charge in [-0.1, -0.05) is 116 Å². The highest BCUT2D eigenvalue weighted by Gasteiger charge is 2.42.